The van der Waals surface area contributed by atoms with Gasteiger partial charge < -0.3 is 10.1 Å². The van der Waals surface area contributed by atoms with Crippen LogP contribution in [0.2, 0.25) is 0 Å². The number of pyridine rings is 1. The van der Waals surface area contributed by atoms with Crippen LogP contribution in [0.15, 0.2) is 36.8 Å². The van der Waals surface area contributed by atoms with E-state index >= 15 is 0 Å². The van der Waals surface area contributed by atoms with Crippen molar-refractivity contribution in [2.24, 2.45) is 18.9 Å². The second kappa shape index (κ2) is 7.67. The van der Waals surface area contributed by atoms with E-state index in [2.05, 4.69) is 27.5 Å². The molecule has 2 fully saturated rings. The number of rotatable bonds is 6. The molecule has 1 unspecified atom stereocenters. The predicted molar refractivity (Wildman–Crippen MR) is 96.9 cm³/mol. The summed E-state index contributed by atoms with van der Waals surface area (Å²) in [4.78, 5) is 4.33. The summed E-state index contributed by atoms with van der Waals surface area (Å²) in [5.41, 5.74) is 2.51. The summed E-state index contributed by atoms with van der Waals surface area (Å²) in [6.45, 7) is 1.83. The van der Waals surface area contributed by atoms with Gasteiger partial charge in [0.2, 0.25) is 0 Å². The lowest BCUT2D eigenvalue weighted by Gasteiger charge is -2.37. The van der Waals surface area contributed by atoms with Crippen LogP contribution in [0, 0.1) is 11.8 Å². The molecule has 0 amide bonds. The van der Waals surface area contributed by atoms with Crippen molar-refractivity contribution in [3.63, 3.8) is 0 Å². The van der Waals surface area contributed by atoms with Crippen LogP contribution in [-0.2, 0) is 11.8 Å². The van der Waals surface area contributed by atoms with E-state index in [1.165, 1.54) is 36.9 Å². The Morgan fingerprint density at radius 1 is 1.24 bits per heavy atom. The van der Waals surface area contributed by atoms with E-state index in [-0.39, 0.29) is 6.10 Å². The highest BCUT2D eigenvalue weighted by atomic mass is 16.5. The molecular formula is C20H28N4O. The van der Waals surface area contributed by atoms with Crippen LogP contribution in [-0.4, -0.2) is 27.9 Å². The summed E-state index contributed by atoms with van der Waals surface area (Å²) in [7, 11) is 2.00. The Bertz CT molecular complexity index is 667. The maximum atomic E-state index is 6.14. The third kappa shape index (κ3) is 3.62. The van der Waals surface area contributed by atoms with Crippen LogP contribution >= 0.6 is 0 Å². The quantitative estimate of drug-likeness (QED) is 0.875. The van der Waals surface area contributed by atoms with Crippen molar-refractivity contribution in [1.82, 2.24) is 20.1 Å². The average Bonchev–Trinajstić information content (AvgIpc) is 3.04. The summed E-state index contributed by atoms with van der Waals surface area (Å²) in [6, 6.07) is 6.76. The van der Waals surface area contributed by atoms with Gasteiger partial charge in [-0.1, -0.05) is 12.5 Å². The topological polar surface area (TPSA) is 52.0 Å². The van der Waals surface area contributed by atoms with Crippen LogP contribution in [0.1, 0.15) is 55.5 Å². The molecule has 3 heterocycles. The van der Waals surface area contributed by atoms with Gasteiger partial charge in [-0.15, -0.1) is 0 Å². The van der Waals surface area contributed by atoms with Gasteiger partial charge in [0.05, 0.1) is 5.69 Å². The number of nitrogens with one attached hydrogen (secondary N) is 1. The van der Waals surface area contributed by atoms with Crippen molar-refractivity contribution in [2.45, 2.75) is 44.2 Å². The number of aryl methyl sites for hydroxylation is 1. The van der Waals surface area contributed by atoms with Gasteiger partial charge in [0.1, 0.15) is 6.10 Å². The molecule has 5 heteroatoms. The van der Waals surface area contributed by atoms with Crippen molar-refractivity contribution >= 4 is 0 Å². The SMILES string of the molecule is Cn1nccc1[C@@H]1OCCC[C@H]1CNC(c1cccnc1)C1CCC1. The Balaban J connectivity index is 1.46. The third-order valence-corrected chi connectivity index (χ3v) is 5.86. The maximum absolute atomic E-state index is 6.14. The minimum absolute atomic E-state index is 0.143. The Kier molecular flexibility index (Phi) is 5.13. The first-order valence-corrected chi connectivity index (χ1v) is 9.56. The monoisotopic (exact) mass is 340 g/mol. The molecule has 4 rings (SSSR count). The fourth-order valence-corrected chi connectivity index (χ4v) is 4.21. The maximum Gasteiger partial charge on any atom is 0.103 e. The second-order valence-corrected chi connectivity index (χ2v) is 7.44. The fourth-order valence-electron chi connectivity index (χ4n) is 4.21. The summed E-state index contributed by atoms with van der Waals surface area (Å²) in [5.74, 6) is 1.23. The summed E-state index contributed by atoms with van der Waals surface area (Å²) < 4.78 is 8.09. The van der Waals surface area contributed by atoms with Crippen LogP contribution in [0.5, 0.6) is 0 Å². The van der Waals surface area contributed by atoms with Gasteiger partial charge in [-0.25, -0.2) is 0 Å². The Hall–Kier alpha value is -1.72. The number of hydrogen-bond acceptors (Lipinski definition) is 4. The zero-order valence-electron chi connectivity index (χ0n) is 15.0. The minimum Gasteiger partial charge on any atom is -0.372 e. The number of aromatic nitrogens is 3. The van der Waals surface area contributed by atoms with Gasteiger partial charge in [-0.05, 0) is 49.3 Å². The molecular weight excluding hydrogens is 312 g/mol. The molecule has 2 aromatic rings. The molecule has 1 aliphatic carbocycles. The Labute approximate surface area is 149 Å². The zero-order chi connectivity index (χ0) is 17.1. The number of ether oxygens (including phenoxy) is 1. The molecule has 5 nitrogen and oxygen atoms in total. The van der Waals surface area contributed by atoms with Gasteiger partial charge in [-0.2, -0.15) is 5.10 Å². The molecule has 1 N–H and O–H groups in total. The van der Waals surface area contributed by atoms with Crippen molar-refractivity contribution in [3.05, 3.63) is 48.0 Å². The van der Waals surface area contributed by atoms with E-state index < -0.39 is 0 Å². The highest BCUT2D eigenvalue weighted by Crippen LogP contribution is 2.39. The van der Waals surface area contributed by atoms with Crippen molar-refractivity contribution in [1.29, 1.82) is 0 Å². The van der Waals surface area contributed by atoms with Gasteiger partial charge in [0, 0.05) is 50.7 Å². The predicted octanol–water partition coefficient (Wildman–Crippen LogP) is 3.41. The first kappa shape index (κ1) is 16.7. The van der Waals surface area contributed by atoms with Gasteiger partial charge >= 0.3 is 0 Å². The molecule has 25 heavy (non-hydrogen) atoms. The summed E-state index contributed by atoms with van der Waals surface area (Å²) in [5, 5.41) is 8.20. The molecule has 1 saturated heterocycles. The normalized spacial score (nSPS) is 25.5. The van der Waals surface area contributed by atoms with E-state index in [9.17, 15) is 0 Å². The molecule has 3 atom stereocenters. The molecule has 0 radical (unpaired) electrons. The molecule has 2 aliphatic rings. The highest BCUT2D eigenvalue weighted by molar-refractivity contribution is 5.16. The lowest BCUT2D eigenvalue weighted by atomic mass is 9.77. The van der Waals surface area contributed by atoms with E-state index in [1.807, 2.05) is 36.4 Å². The third-order valence-electron chi connectivity index (χ3n) is 5.86. The van der Waals surface area contributed by atoms with Crippen LogP contribution in [0.3, 0.4) is 0 Å². The molecule has 1 aliphatic heterocycles. The summed E-state index contributed by atoms with van der Waals surface area (Å²) in [6.07, 6.45) is 12.2. The Morgan fingerprint density at radius 2 is 2.16 bits per heavy atom. The van der Waals surface area contributed by atoms with E-state index in [0.717, 1.165) is 25.5 Å². The van der Waals surface area contributed by atoms with Crippen molar-refractivity contribution < 1.29 is 4.74 Å². The van der Waals surface area contributed by atoms with Gasteiger partial charge in [-0.3, -0.25) is 9.67 Å². The molecule has 0 aromatic carbocycles. The van der Waals surface area contributed by atoms with E-state index in [4.69, 9.17) is 4.74 Å². The smallest absolute Gasteiger partial charge is 0.103 e. The minimum atomic E-state index is 0.143. The molecule has 1 saturated carbocycles. The van der Waals surface area contributed by atoms with Crippen molar-refractivity contribution in [3.8, 4) is 0 Å². The van der Waals surface area contributed by atoms with E-state index in [1.54, 1.807) is 0 Å². The lowest BCUT2D eigenvalue weighted by molar-refractivity contribution is -0.0338. The summed E-state index contributed by atoms with van der Waals surface area (Å²) >= 11 is 0. The average molecular weight is 340 g/mol. The second-order valence-electron chi connectivity index (χ2n) is 7.44. The highest BCUT2D eigenvalue weighted by Gasteiger charge is 2.33. The largest absolute Gasteiger partial charge is 0.372 e. The van der Waals surface area contributed by atoms with Crippen LogP contribution in [0.25, 0.3) is 0 Å². The number of nitrogens with zero attached hydrogens (tertiary/aromatic N) is 3. The Morgan fingerprint density at radius 3 is 2.84 bits per heavy atom. The molecule has 2 aromatic heterocycles. The molecule has 0 bridgehead atoms. The number of hydrogen-bond donors (Lipinski definition) is 1. The van der Waals surface area contributed by atoms with E-state index in [0.29, 0.717) is 12.0 Å². The lowest BCUT2D eigenvalue weighted by Crippen LogP contribution is -2.38. The van der Waals surface area contributed by atoms with Crippen LogP contribution in [0.4, 0.5) is 0 Å². The van der Waals surface area contributed by atoms with Crippen molar-refractivity contribution in [2.75, 3.05) is 13.2 Å². The standard InChI is InChI=1S/C20H28N4O/c1-24-18(9-11-23-24)20-17(8-4-12-25-20)14-22-19(15-5-2-6-15)16-7-3-10-21-13-16/h3,7,9-11,13,15,17,19-20,22H,2,4-6,8,12,14H2,1H3/t17-,19?,20+/m0/s1. The zero-order valence-corrected chi connectivity index (χ0v) is 15.0. The fraction of sp³-hybridized carbons (Fsp3) is 0.600. The van der Waals surface area contributed by atoms with Gasteiger partial charge in [0.25, 0.3) is 0 Å². The van der Waals surface area contributed by atoms with Gasteiger partial charge in [0.15, 0.2) is 0 Å². The molecule has 134 valence electrons. The first-order chi connectivity index (χ1) is 12.3. The first-order valence-electron chi connectivity index (χ1n) is 9.56. The molecule has 0 spiro atoms. The van der Waals surface area contributed by atoms with Crippen LogP contribution < -0.4 is 5.32 Å².